The lowest BCUT2D eigenvalue weighted by molar-refractivity contribution is -1.04. The maximum Gasteiger partial charge on any atom is 0.318 e. The molecule has 0 bridgehead atoms. The average Bonchev–Trinajstić information content (AvgIpc) is 1.89. The third-order valence-corrected chi connectivity index (χ3v) is 1.05. The smallest absolute Gasteiger partial charge is 0.318 e. The predicted octanol–water partition coefficient (Wildman–Crippen LogP) is -0.451. The number of hydrogen-bond acceptors (Lipinski definition) is 2. The van der Waals surface area contributed by atoms with E-state index in [1.807, 2.05) is 0 Å². The Morgan fingerprint density at radius 1 is 1.33 bits per heavy atom. The van der Waals surface area contributed by atoms with Crippen LogP contribution in [-0.2, 0) is 4.58 Å². The lowest BCUT2D eigenvalue weighted by Crippen LogP contribution is -1.96. The third-order valence-electron chi connectivity index (χ3n) is 1.05. The van der Waals surface area contributed by atoms with Gasteiger partial charge in [0.2, 0.25) is 0 Å². The molecule has 0 aromatic heterocycles. The largest absolute Gasteiger partial charge is 0.463 e. The van der Waals surface area contributed by atoms with Gasteiger partial charge >= 0.3 is 6.29 Å². The third kappa shape index (κ3) is 7.43. The first-order chi connectivity index (χ1) is 4.41. The van der Waals surface area contributed by atoms with Crippen LogP contribution in [0.2, 0.25) is 0 Å². The highest BCUT2D eigenvalue weighted by Gasteiger charge is 1.88. The topological polar surface area (TPSA) is 54.6 Å². The fourth-order valence-electron chi connectivity index (χ4n) is 0.564. The van der Waals surface area contributed by atoms with E-state index >= 15 is 0 Å². The summed E-state index contributed by atoms with van der Waals surface area (Å²) < 4.78 is 3.48. The van der Waals surface area contributed by atoms with Gasteiger partial charge in [0, 0.05) is 6.61 Å². The van der Waals surface area contributed by atoms with Gasteiger partial charge in [-0.1, -0.05) is 6.42 Å². The van der Waals surface area contributed by atoms with Crippen LogP contribution in [0, 0.1) is 0 Å². The SMILES string of the molecule is [O-][O+]=CCCCCCO. The standard InChI is InChI=1S/C6H12O3/c7-5-3-1-2-4-6-9-8/h6-7H,1-5H2. The quantitative estimate of drug-likeness (QED) is 0.181. The molecular formula is C6H12O3. The molecule has 0 aromatic rings. The summed E-state index contributed by atoms with van der Waals surface area (Å²) in [6, 6.07) is 0. The first-order valence-electron chi connectivity index (χ1n) is 3.13. The Labute approximate surface area is 54.6 Å². The number of aliphatic hydroxyl groups is 1. The number of unbranched alkanes of at least 4 members (excludes halogenated alkanes) is 3. The fourth-order valence-corrected chi connectivity index (χ4v) is 0.564. The molecule has 0 spiro atoms. The summed E-state index contributed by atoms with van der Waals surface area (Å²) in [5.41, 5.74) is 0. The van der Waals surface area contributed by atoms with Gasteiger partial charge in [0.25, 0.3) is 0 Å². The van der Waals surface area contributed by atoms with Crippen molar-refractivity contribution >= 4 is 6.29 Å². The molecule has 54 valence electrons. The zero-order valence-electron chi connectivity index (χ0n) is 5.38. The van der Waals surface area contributed by atoms with Gasteiger partial charge in [0.15, 0.2) is 0 Å². The van der Waals surface area contributed by atoms with Gasteiger partial charge in [-0.15, -0.1) is 0 Å². The van der Waals surface area contributed by atoms with Crippen LogP contribution in [-0.4, -0.2) is 18.0 Å². The summed E-state index contributed by atoms with van der Waals surface area (Å²) in [7, 11) is 0. The van der Waals surface area contributed by atoms with Crippen molar-refractivity contribution in [2.75, 3.05) is 6.61 Å². The molecule has 0 fully saturated rings. The molecule has 0 saturated carbocycles. The maximum atomic E-state index is 9.36. The van der Waals surface area contributed by atoms with E-state index in [1.54, 1.807) is 0 Å². The van der Waals surface area contributed by atoms with Crippen molar-refractivity contribution in [1.82, 2.24) is 0 Å². The van der Waals surface area contributed by atoms with E-state index in [-0.39, 0.29) is 6.61 Å². The molecule has 9 heavy (non-hydrogen) atoms. The fraction of sp³-hybridized carbons (Fsp3) is 0.833. The van der Waals surface area contributed by atoms with Crippen molar-refractivity contribution in [1.29, 1.82) is 0 Å². The minimum Gasteiger partial charge on any atom is -0.463 e. The monoisotopic (exact) mass is 132 g/mol. The van der Waals surface area contributed by atoms with Crippen LogP contribution in [0.4, 0.5) is 0 Å². The van der Waals surface area contributed by atoms with Crippen LogP contribution in [0.15, 0.2) is 0 Å². The molecule has 0 saturated heterocycles. The van der Waals surface area contributed by atoms with Crippen LogP contribution >= 0.6 is 0 Å². The Hall–Kier alpha value is -0.570. The van der Waals surface area contributed by atoms with Gasteiger partial charge in [-0.3, -0.25) is 0 Å². The molecule has 0 rings (SSSR count). The van der Waals surface area contributed by atoms with Gasteiger partial charge in [-0.2, -0.15) is 4.58 Å². The molecule has 0 atom stereocenters. The highest BCUT2D eigenvalue weighted by Crippen LogP contribution is 1.95. The molecule has 3 heteroatoms. The van der Waals surface area contributed by atoms with E-state index in [2.05, 4.69) is 4.58 Å². The summed E-state index contributed by atoms with van der Waals surface area (Å²) in [4.78, 5) is 0. The molecule has 0 heterocycles. The highest BCUT2D eigenvalue weighted by molar-refractivity contribution is 5.49. The number of rotatable bonds is 5. The summed E-state index contributed by atoms with van der Waals surface area (Å²) in [6.07, 6.45) is 4.60. The first kappa shape index (κ1) is 8.43. The van der Waals surface area contributed by atoms with Crippen molar-refractivity contribution < 1.29 is 14.9 Å². The van der Waals surface area contributed by atoms with Crippen molar-refractivity contribution in [3.05, 3.63) is 0 Å². The Bertz CT molecular complexity index is 70.7. The minimum atomic E-state index is 0.234. The Morgan fingerprint density at radius 3 is 2.67 bits per heavy atom. The molecule has 0 aliphatic heterocycles. The van der Waals surface area contributed by atoms with E-state index in [0.717, 1.165) is 19.3 Å². The first-order valence-corrected chi connectivity index (χ1v) is 3.13. The number of hydrogen-bond donors (Lipinski definition) is 1. The number of aliphatic hydroxyl groups excluding tert-OH is 1. The molecular weight excluding hydrogens is 120 g/mol. The molecule has 0 aromatic carbocycles. The Balaban J connectivity index is 2.75. The van der Waals surface area contributed by atoms with Crippen molar-refractivity contribution in [2.45, 2.75) is 25.7 Å². The molecule has 0 aliphatic carbocycles. The van der Waals surface area contributed by atoms with E-state index in [9.17, 15) is 5.26 Å². The van der Waals surface area contributed by atoms with Crippen molar-refractivity contribution in [3.63, 3.8) is 0 Å². The lowest BCUT2D eigenvalue weighted by atomic mass is 10.2. The van der Waals surface area contributed by atoms with E-state index in [1.165, 1.54) is 6.29 Å². The van der Waals surface area contributed by atoms with Gasteiger partial charge in [-0.05, 0) is 12.8 Å². The normalized spacial score (nSPS) is 10.8. The minimum absolute atomic E-state index is 0.234. The molecule has 1 N–H and O–H groups in total. The van der Waals surface area contributed by atoms with E-state index < -0.39 is 0 Å². The van der Waals surface area contributed by atoms with Crippen LogP contribution in [0.25, 0.3) is 0 Å². The predicted molar refractivity (Wildman–Crippen MR) is 31.6 cm³/mol. The average molecular weight is 132 g/mol. The Kier molecular flexibility index (Phi) is 6.96. The second kappa shape index (κ2) is 7.43. The molecule has 0 amide bonds. The van der Waals surface area contributed by atoms with Crippen LogP contribution in [0.5, 0.6) is 0 Å². The van der Waals surface area contributed by atoms with Gasteiger partial charge < -0.3 is 10.4 Å². The van der Waals surface area contributed by atoms with Crippen molar-refractivity contribution in [3.8, 4) is 0 Å². The maximum absolute atomic E-state index is 9.36. The van der Waals surface area contributed by atoms with Crippen LogP contribution in [0.1, 0.15) is 25.7 Å². The summed E-state index contributed by atoms with van der Waals surface area (Å²) >= 11 is 0. The van der Waals surface area contributed by atoms with E-state index in [4.69, 9.17) is 5.11 Å². The molecule has 3 nitrogen and oxygen atoms in total. The van der Waals surface area contributed by atoms with Crippen molar-refractivity contribution in [2.24, 2.45) is 0 Å². The van der Waals surface area contributed by atoms with Gasteiger partial charge in [0.1, 0.15) is 0 Å². The summed E-state index contributed by atoms with van der Waals surface area (Å²) in [6.45, 7) is 0.234. The molecule has 0 radical (unpaired) electrons. The van der Waals surface area contributed by atoms with E-state index in [0.29, 0.717) is 6.42 Å². The lowest BCUT2D eigenvalue weighted by Gasteiger charge is -1.89. The van der Waals surface area contributed by atoms with Gasteiger partial charge in [0.05, 0.1) is 6.42 Å². The molecule has 0 unspecified atom stereocenters. The van der Waals surface area contributed by atoms with Crippen LogP contribution in [0.3, 0.4) is 0 Å². The van der Waals surface area contributed by atoms with Gasteiger partial charge in [-0.25, -0.2) is 0 Å². The second-order valence-electron chi connectivity index (χ2n) is 1.84. The Morgan fingerprint density at radius 2 is 2.11 bits per heavy atom. The summed E-state index contributed by atoms with van der Waals surface area (Å²) in [5.74, 6) is 0. The van der Waals surface area contributed by atoms with Crippen LogP contribution < -0.4 is 5.26 Å². The number of carbonyl (C=O) groups excluding carboxylic acids is 1. The molecule has 0 aliphatic rings. The summed E-state index contributed by atoms with van der Waals surface area (Å²) in [5, 5.41) is 17.7. The zero-order chi connectivity index (χ0) is 6.95. The second-order valence-corrected chi connectivity index (χ2v) is 1.84. The number of aldehydes is 1. The zero-order valence-corrected chi connectivity index (χ0v) is 5.38. The highest BCUT2D eigenvalue weighted by atomic mass is 17.1.